The van der Waals surface area contributed by atoms with Gasteiger partial charge in [-0.2, -0.15) is 0 Å². The molecule has 0 radical (unpaired) electrons. The van der Waals surface area contributed by atoms with Gasteiger partial charge in [0.2, 0.25) is 0 Å². The Kier molecular flexibility index (Phi) is 7.68. The lowest BCUT2D eigenvalue weighted by atomic mass is 10.1. The summed E-state index contributed by atoms with van der Waals surface area (Å²) in [5.74, 6) is 1.77. The summed E-state index contributed by atoms with van der Waals surface area (Å²) in [6, 6.07) is 4.57. The average molecular weight is 391 g/mol. The fraction of sp³-hybridized carbons (Fsp3) is 0.571. The molecule has 1 aromatic carbocycles. The Bertz CT molecular complexity index is 785. The van der Waals surface area contributed by atoms with Gasteiger partial charge < -0.3 is 24.5 Å². The van der Waals surface area contributed by atoms with Gasteiger partial charge in [0.15, 0.2) is 5.96 Å². The van der Waals surface area contributed by atoms with Gasteiger partial charge in [-0.1, -0.05) is 0 Å². The molecule has 1 saturated heterocycles. The zero-order chi connectivity index (χ0) is 19.8. The molecule has 154 valence electrons. The highest BCUT2D eigenvalue weighted by Crippen LogP contribution is 2.26. The van der Waals surface area contributed by atoms with Gasteiger partial charge >= 0.3 is 0 Å². The Morgan fingerprint density at radius 3 is 3.04 bits per heavy atom. The highest BCUT2D eigenvalue weighted by molar-refractivity contribution is 5.82. The molecule has 1 unspecified atom stereocenters. The predicted octanol–water partition coefficient (Wildman–Crippen LogP) is 3.38. The monoisotopic (exact) mass is 391 g/mol. The molecule has 0 saturated carbocycles. The van der Waals surface area contributed by atoms with Crippen molar-refractivity contribution >= 4 is 16.9 Å². The molecule has 1 fully saturated rings. The van der Waals surface area contributed by atoms with E-state index in [1.165, 1.54) is 12.1 Å². The van der Waals surface area contributed by atoms with Gasteiger partial charge in [-0.25, -0.2) is 9.38 Å². The molecule has 0 spiro atoms. The lowest BCUT2D eigenvalue weighted by Gasteiger charge is -2.12. The Morgan fingerprint density at radius 2 is 2.25 bits per heavy atom. The van der Waals surface area contributed by atoms with Gasteiger partial charge in [-0.3, -0.25) is 0 Å². The third-order valence-electron chi connectivity index (χ3n) is 4.86. The number of halogens is 1. The lowest BCUT2D eigenvalue weighted by Crippen LogP contribution is -2.38. The van der Waals surface area contributed by atoms with E-state index >= 15 is 0 Å². The third kappa shape index (κ3) is 5.69. The van der Waals surface area contributed by atoms with Crippen LogP contribution in [0.4, 0.5) is 4.39 Å². The molecule has 1 aliphatic heterocycles. The molecule has 1 aromatic heterocycles. The number of aliphatic imine (C=N–C) groups is 1. The van der Waals surface area contributed by atoms with Crippen molar-refractivity contribution in [3.8, 4) is 0 Å². The third-order valence-corrected chi connectivity index (χ3v) is 4.86. The average Bonchev–Trinajstić information content (AvgIpc) is 3.31. The van der Waals surface area contributed by atoms with Crippen molar-refractivity contribution in [3.05, 3.63) is 35.3 Å². The number of furan rings is 1. The molecule has 0 bridgehead atoms. The van der Waals surface area contributed by atoms with Crippen LogP contribution in [0.15, 0.2) is 27.6 Å². The zero-order valence-corrected chi connectivity index (χ0v) is 16.7. The first-order valence-electron chi connectivity index (χ1n) is 10.0. The van der Waals surface area contributed by atoms with Crippen LogP contribution in [0.2, 0.25) is 0 Å². The zero-order valence-electron chi connectivity index (χ0n) is 16.7. The van der Waals surface area contributed by atoms with Crippen LogP contribution in [0.25, 0.3) is 11.0 Å². The molecule has 0 amide bonds. The highest BCUT2D eigenvalue weighted by atomic mass is 19.1. The van der Waals surface area contributed by atoms with Crippen molar-refractivity contribution in [1.82, 2.24) is 10.6 Å². The standard InChI is InChI=1S/C21H30FN3O3/c1-3-23-21(24-8-4-9-26-13-16-7-10-27-14-16)25-12-20-15(2)18-11-17(22)5-6-19(18)28-20/h5-6,11,16H,3-4,7-10,12-14H2,1-2H3,(H2,23,24,25). The minimum Gasteiger partial charge on any atom is -0.459 e. The summed E-state index contributed by atoms with van der Waals surface area (Å²) in [5, 5.41) is 7.34. The summed E-state index contributed by atoms with van der Waals surface area (Å²) in [5.41, 5.74) is 1.62. The number of nitrogens with zero attached hydrogens (tertiary/aromatic N) is 1. The van der Waals surface area contributed by atoms with Crippen molar-refractivity contribution in [1.29, 1.82) is 0 Å². The van der Waals surface area contributed by atoms with Crippen molar-refractivity contribution in [2.45, 2.75) is 33.2 Å². The van der Waals surface area contributed by atoms with Crippen molar-refractivity contribution in [3.63, 3.8) is 0 Å². The van der Waals surface area contributed by atoms with Crippen LogP contribution in [0.1, 0.15) is 31.1 Å². The van der Waals surface area contributed by atoms with E-state index in [1.54, 1.807) is 6.07 Å². The second kappa shape index (κ2) is 10.4. The first-order chi connectivity index (χ1) is 13.7. The fourth-order valence-corrected chi connectivity index (χ4v) is 3.23. The number of hydrogen-bond acceptors (Lipinski definition) is 4. The summed E-state index contributed by atoms with van der Waals surface area (Å²) in [6.45, 7) is 9.09. The highest BCUT2D eigenvalue weighted by Gasteiger charge is 2.15. The molecule has 2 N–H and O–H groups in total. The predicted molar refractivity (Wildman–Crippen MR) is 108 cm³/mol. The van der Waals surface area contributed by atoms with Gasteiger partial charge in [0.1, 0.15) is 23.7 Å². The molecule has 28 heavy (non-hydrogen) atoms. The van der Waals surface area contributed by atoms with E-state index in [1.807, 2.05) is 13.8 Å². The number of hydrogen-bond donors (Lipinski definition) is 2. The van der Waals surface area contributed by atoms with E-state index < -0.39 is 0 Å². The summed E-state index contributed by atoms with van der Waals surface area (Å²) < 4.78 is 30.3. The molecule has 1 atom stereocenters. The number of rotatable bonds is 9. The first kappa shape index (κ1) is 20.6. The molecular weight excluding hydrogens is 361 g/mol. The minimum absolute atomic E-state index is 0.260. The number of fused-ring (bicyclic) bond motifs is 1. The lowest BCUT2D eigenvalue weighted by molar-refractivity contribution is 0.0888. The second-order valence-electron chi connectivity index (χ2n) is 7.07. The second-order valence-corrected chi connectivity index (χ2v) is 7.07. The Hall–Kier alpha value is -2.12. The largest absolute Gasteiger partial charge is 0.459 e. The summed E-state index contributed by atoms with van der Waals surface area (Å²) in [4.78, 5) is 4.59. The number of ether oxygens (including phenoxy) is 2. The Balaban J connectivity index is 1.46. The van der Waals surface area contributed by atoms with E-state index in [4.69, 9.17) is 13.9 Å². The summed E-state index contributed by atoms with van der Waals surface area (Å²) >= 11 is 0. The first-order valence-corrected chi connectivity index (χ1v) is 10.0. The van der Waals surface area contributed by atoms with Crippen LogP contribution >= 0.6 is 0 Å². The molecule has 0 aliphatic carbocycles. The van der Waals surface area contributed by atoms with E-state index in [2.05, 4.69) is 15.6 Å². The van der Waals surface area contributed by atoms with Crippen LogP contribution < -0.4 is 10.6 Å². The summed E-state index contributed by atoms with van der Waals surface area (Å²) in [7, 11) is 0. The maximum absolute atomic E-state index is 13.5. The van der Waals surface area contributed by atoms with Crippen LogP contribution in [0.5, 0.6) is 0 Å². The van der Waals surface area contributed by atoms with E-state index in [-0.39, 0.29) is 5.82 Å². The molecule has 3 rings (SSSR count). The molecule has 1 aliphatic rings. The quantitative estimate of drug-likeness (QED) is 0.390. The van der Waals surface area contributed by atoms with E-state index in [9.17, 15) is 4.39 Å². The number of nitrogens with one attached hydrogen (secondary N) is 2. The molecule has 7 heteroatoms. The number of aryl methyl sites for hydroxylation is 1. The maximum Gasteiger partial charge on any atom is 0.191 e. The molecule has 2 aromatic rings. The Morgan fingerprint density at radius 1 is 1.36 bits per heavy atom. The maximum atomic E-state index is 13.5. The van der Waals surface area contributed by atoms with Crippen LogP contribution in [0.3, 0.4) is 0 Å². The van der Waals surface area contributed by atoms with Crippen molar-refractivity contribution in [2.24, 2.45) is 10.9 Å². The van der Waals surface area contributed by atoms with Crippen molar-refractivity contribution < 1.29 is 18.3 Å². The smallest absolute Gasteiger partial charge is 0.191 e. The van der Waals surface area contributed by atoms with Crippen molar-refractivity contribution in [2.75, 3.05) is 39.5 Å². The molecule has 2 heterocycles. The number of benzene rings is 1. The normalized spacial score (nSPS) is 17.4. The van der Waals surface area contributed by atoms with E-state index in [0.717, 1.165) is 75.0 Å². The number of guanidine groups is 1. The van der Waals surface area contributed by atoms with Gasteiger partial charge in [0.05, 0.1) is 13.2 Å². The van der Waals surface area contributed by atoms with Gasteiger partial charge in [-0.15, -0.1) is 0 Å². The van der Waals surface area contributed by atoms with Gasteiger partial charge in [0, 0.05) is 43.2 Å². The van der Waals surface area contributed by atoms with Gasteiger partial charge in [-0.05, 0) is 44.9 Å². The fourth-order valence-electron chi connectivity index (χ4n) is 3.23. The minimum atomic E-state index is -0.260. The summed E-state index contributed by atoms with van der Waals surface area (Å²) in [6.07, 6.45) is 2.00. The topological polar surface area (TPSA) is 68.0 Å². The van der Waals surface area contributed by atoms with Crippen LogP contribution in [0, 0.1) is 18.7 Å². The Labute approximate surface area is 165 Å². The molecular formula is C21H30FN3O3. The van der Waals surface area contributed by atoms with Crippen LogP contribution in [-0.2, 0) is 16.0 Å². The van der Waals surface area contributed by atoms with Gasteiger partial charge in [0.25, 0.3) is 0 Å². The molecule has 6 nitrogen and oxygen atoms in total. The van der Waals surface area contributed by atoms with E-state index in [0.29, 0.717) is 18.0 Å². The van der Waals surface area contributed by atoms with Crippen LogP contribution in [-0.4, -0.2) is 45.5 Å². The SMILES string of the molecule is CCNC(=NCc1oc2ccc(F)cc2c1C)NCCCOCC1CCOC1.